The van der Waals surface area contributed by atoms with E-state index in [0.29, 0.717) is 6.42 Å². The van der Waals surface area contributed by atoms with Gasteiger partial charge in [0.2, 0.25) is 0 Å². The van der Waals surface area contributed by atoms with Gasteiger partial charge in [-0.1, -0.05) is 32.9 Å². The van der Waals surface area contributed by atoms with Gasteiger partial charge in [-0.25, -0.2) is 0 Å². The van der Waals surface area contributed by atoms with Crippen LogP contribution in [0.5, 0.6) is 5.75 Å². The highest BCUT2D eigenvalue weighted by Crippen LogP contribution is 2.53. The first-order valence-corrected chi connectivity index (χ1v) is 10.2. The Kier molecular flexibility index (Phi) is 4.44. The molecule has 4 rings (SSSR count). The lowest BCUT2D eigenvalue weighted by Gasteiger charge is -2.47. The molecule has 0 bridgehead atoms. The first-order chi connectivity index (χ1) is 13.3. The number of rotatable bonds is 4. The zero-order valence-electron chi connectivity index (χ0n) is 17.4. The number of benzene rings is 1. The molecular weight excluding hydrogens is 350 g/mol. The predicted octanol–water partition coefficient (Wildman–Crippen LogP) is 5.04. The first-order valence-electron chi connectivity index (χ1n) is 10.2. The SMILES string of the molecule is CC[C@]1(c2cccc(OC(C)C)c2)C2=CN=NC2NC2=C1C(=O)CC(C)(C)C2. The van der Waals surface area contributed by atoms with Gasteiger partial charge >= 0.3 is 0 Å². The van der Waals surface area contributed by atoms with Gasteiger partial charge in [0, 0.05) is 23.3 Å². The maximum atomic E-state index is 13.4. The van der Waals surface area contributed by atoms with Crippen LogP contribution in [0.25, 0.3) is 0 Å². The van der Waals surface area contributed by atoms with E-state index in [-0.39, 0.29) is 23.5 Å². The van der Waals surface area contributed by atoms with Crippen LogP contribution in [-0.2, 0) is 10.2 Å². The van der Waals surface area contributed by atoms with Crippen LogP contribution in [0.1, 0.15) is 59.4 Å². The van der Waals surface area contributed by atoms with Gasteiger partial charge in [-0.05, 0) is 49.8 Å². The van der Waals surface area contributed by atoms with E-state index in [1.807, 2.05) is 32.2 Å². The number of ether oxygens (including phenoxy) is 1. The molecule has 0 saturated heterocycles. The molecule has 5 heteroatoms. The molecule has 148 valence electrons. The molecule has 2 heterocycles. The van der Waals surface area contributed by atoms with Gasteiger partial charge in [-0.2, -0.15) is 10.2 Å². The van der Waals surface area contributed by atoms with Crippen LogP contribution in [0, 0.1) is 5.41 Å². The molecule has 0 aromatic heterocycles. The van der Waals surface area contributed by atoms with Gasteiger partial charge < -0.3 is 10.1 Å². The number of hydrogen-bond donors (Lipinski definition) is 1. The van der Waals surface area contributed by atoms with Crippen LogP contribution < -0.4 is 10.1 Å². The van der Waals surface area contributed by atoms with Crippen molar-refractivity contribution in [2.45, 2.75) is 71.6 Å². The van der Waals surface area contributed by atoms with Gasteiger partial charge in [0.1, 0.15) is 5.75 Å². The molecule has 2 atom stereocenters. The molecule has 1 aromatic rings. The van der Waals surface area contributed by atoms with E-state index in [4.69, 9.17) is 4.74 Å². The van der Waals surface area contributed by atoms with Gasteiger partial charge in [0.05, 0.1) is 17.7 Å². The molecule has 1 N–H and O–H groups in total. The molecule has 28 heavy (non-hydrogen) atoms. The average Bonchev–Trinajstić information content (AvgIpc) is 3.07. The maximum Gasteiger partial charge on any atom is 0.164 e. The van der Waals surface area contributed by atoms with E-state index in [1.54, 1.807) is 0 Å². The van der Waals surface area contributed by atoms with E-state index < -0.39 is 5.41 Å². The molecule has 0 fully saturated rings. The number of ketones is 1. The Hall–Kier alpha value is -2.43. The third-order valence-corrected chi connectivity index (χ3v) is 6.01. The van der Waals surface area contributed by atoms with Crippen molar-refractivity contribution in [1.29, 1.82) is 0 Å². The summed E-state index contributed by atoms with van der Waals surface area (Å²) >= 11 is 0. The lowest BCUT2D eigenvalue weighted by molar-refractivity contribution is -0.119. The summed E-state index contributed by atoms with van der Waals surface area (Å²) in [5.41, 5.74) is 3.50. The lowest BCUT2D eigenvalue weighted by atomic mass is 9.59. The van der Waals surface area contributed by atoms with Crippen molar-refractivity contribution in [2.24, 2.45) is 15.6 Å². The topological polar surface area (TPSA) is 63.1 Å². The Labute approximate surface area is 167 Å². The molecule has 3 aliphatic rings. The van der Waals surface area contributed by atoms with Crippen molar-refractivity contribution in [2.75, 3.05) is 0 Å². The normalized spacial score (nSPS) is 28.0. The van der Waals surface area contributed by atoms with E-state index in [0.717, 1.165) is 41.0 Å². The minimum absolute atomic E-state index is 0.0536. The summed E-state index contributed by atoms with van der Waals surface area (Å²) in [5, 5.41) is 12.1. The Balaban J connectivity index is 1.93. The molecule has 2 aliphatic heterocycles. The van der Waals surface area contributed by atoms with E-state index in [1.165, 1.54) is 0 Å². The largest absolute Gasteiger partial charge is 0.491 e. The lowest BCUT2D eigenvalue weighted by Crippen LogP contribution is -2.51. The molecule has 0 radical (unpaired) electrons. The van der Waals surface area contributed by atoms with Crippen LogP contribution in [0.3, 0.4) is 0 Å². The smallest absolute Gasteiger partial charge is 0.164 e. The second-order valence-corrected chi connectivity index (χ2v) is 9.11. The zero-order chi connectivity index (χ0) is 20.1. The molecule has 1 unspecified atom stereocenters. The molecule has 0 amide bonds. The number of hydrogen-bond acceptors (Lipinski definition) is 5. The standard InChI is InChI=1S/C23H29N3O2/c1-6-23(15-8-7-9-16(10-15)28-14(2)3)17-13-24-26-21(17)25-18-11-22(4,5)12-19(27)20(18)23/h7-10,13-14,21,25H,6,11-12H2,1-5H3/t21?,23-/m0/s1. The third kappa shape index (κ3) is 2.88. The number of carbonyl (C=O) groups is 1. The summed E-state index contributed by atoms with van der Waals surface area (Å²) in [6, 6.07) is 8.19. The second kappa shape index (κ2) is 6.57. The van der Waals surface area contributed by atoms with Gasteiger partial charge in [-0.3, -0.25) is 4.79 Å². The van der Waals surface area contributed by atoms with E-state index in [9.17, 15) is 4.79 Å². The van der Waals surface area contributed by atoms with Crippen molar-refractivity contribution in [3.63, 3.8) is 0 Å². The molecule has 0 spiro atoms. The summed E-state index contributed by atoms with van der Waals surface area (Å²) < 4.78 is 5.96. The maximum absolute atomic E-state index is 13.4. The minimum Gasteiger partial charge on any atom is -0.491 e. The van der Waals surface area contributed by atoms with E-state index in [2.05, 4.69) is 48.4 Å². The fourth-order valence-electron chi connectivity index (χ4n) is 5.00. The molecule has 5 nitrogen and oxygen atoms in total. The Morgan fingerprint density at radius 1 is 1.29 bits per heavy atom. The van der Waals surface area contributed by atoms with Crippen molar-refractivity contribution < 1.29 is 9.53 Å². The Bertz CT molecular complexity index is 910. The molecule has 0 saturated carbocycles. The highest BCUT2D eigenvalue weighted by molar-refractivity contribution is 6.01. The predicted molar refractivity (Wildman–Crippen MR) is 109 cm³/mol. The Morgan fingerprint density at radius 2 is 2.07 bits per heavy atom. The van der Waals surface area contributed by atoms with Crippen LogP contribution in [0.15, 0.2) is 57.5 Å². The summed E-state index contributed by atoms with van der Waals surface area (Å²) in [7, 11) is 0. The van der Waals surface area contributed by atoms with Gasteiger partial charge in [-0.15, -0.1) is 0 Å². The fourth-order valence-corrected chi connectivity index (χ4v) is 5.00. The highest BCUT2D eigenvalue weighted by atomic mass is 16.5. The highest BCUT2D eigenvalue weighted by Gasteiger charge is 2.53. The molecule has 1 aliphatic carbocycles. The van der Waals surface area contributed by atoms with Crippen LogP contribution in [0.2, 0.25) is 0 Å². The van der Waals surface area contributed by atoms with Crippen molar-refractivity contribution >= 4 is 5.78 Å². The van der Waals surface area contributed by atoms with Gasteiger partial charge in [0.15, 0.2) is 11.9 Å². The van der Waals surface area contributed by atoms with Crippen molar-refractivity contribution in [3.8, 4) is 5.75 Å². The van der Waals surface area contributed by atoms with Crippen LogP contribution in [-0.4, -0.2) is 18.1 Å². The number of Topliss-reactive ketones (excluding diaryl/α,β-unsaturated/α-hetero) is 1. The summed E-state index contributed by atoms with van der Waals surface area (Å²) in [6.45, 7) is 10.5. The quantitative estimate of drug-likeness (QED) is 0.797. The van der Waals surface area contributed by atoms with Crippen molar-refractivity contribution in [1.82, 2.24) is 5.32 Å². The number of nitrogens with one attached hydrogen (secondary N) is 1. The summed E-state index contributed by atoms with van der Waals surface area (Å²) in [5.74, 6) is 1.05. The number of nitrogens with zero attached hydrogens (tertiary/aromatic N) is 2. The third-order valence-electron chi connectivity index (χ3n) is 6.01. The monoisotopic (exact) mass is 379 g/mol. The zero-order valence-corrected chi connectivity index (χ0v) is 17.4. The number of allylic oxidation sites excluding steroid dienone is 2. The van der Waals surface area contributed by atoms with E-state index >= 15 is 0 Å². The average molecular weight is 380 g/mol. The second-order valence-electron chi connectivity index (χ2n) is 9.11. The number of carbonyl (C=O) groups excluding carboxylic acids is 1. The van der Waals surface area contributed by atoms with Crippen molar-refractivity contribution in [3.05, 3.63) is 52.9 Å². The van der Waals surface area contributed by atoms with Crippen LogP contribution >= 0.6 is 0 Å². The fraction of sp³-hybridized carbons (Fsp3) is 0.522. The summed E-state index contributed by atoms with van der Waals surface area (Å²) in [4.78, 5) is 13.4. The number of fused-ring (bicyclic) bond motifs is 1. The molecular formula is C23H29N3O2. The number of azo groups is 1. The minimum atomic E-state index is -0.515. The summed E-state index contributed by atoms with van der Waals surface area (Å²) in [6.07, 6.45) is 3.92. The Morgan fingerprint density at radius 3 is 2.79 bits per heavy atom. The van der Waals surface area contributed by atoms with Gasteiger partial charge in [0.25, 0.3) is 0 Å². The van der Waals surface area contributed by atoms with Crippen LogP contribution in [0.4, 0.5) is 0 Å². The molecule has 1 aromatic carbocycles. The first kappa shape index (κ1) is 18.9.